The Hall–Kier alpha value is -2.49. The van der Waals surface area contributed by atoms with Gasteiger partial charge in [-0.3, -0.25) is 5.43 Å². The smallest absolute Gasteiger partial charge is 0.425 e. The van der Waals surface area contributed by atoms with E-state index in [4.69, 9.17) is 4.74 Å². The molecule has 0 unspecified atom stereocenters. The number of carbonyl (C=O) groups is 1. The normalized spacial score (nSPS) is 10.0. The average molecular weight is 298 g/mol. The molecule has 0 radical (unpaired) electrons. The van der Waals surface area contributed by atoms with Gasteiger partial charge in [0.2, 0.25) is 0 Å². The van der Waals surface area contributed by atoms with Crippen molar-refractivity contribution in [3.05, 3.63) is 54.6 Å². The largest absolute Gasteiger partial charge is 0.448 e. The molecule has 22 heavy (non-hydrogen) atoms. The number of ether oxygens (including phenoxy) is 1. The van der Waals surface area contributed by atoms with Crippen LogP contribution in [-0.2, 0) is 4.74 Å². The quantitative estimate of drug-likeness (QED) is 0.580. The predicted molar refractivity (Wildman–Crippen MR) is 89.5 cm³/mol. The van der Waals surface area contributed by atoms with E-state index in [1.807, 2.05) is 54.6 Å². The Morgan fingerprint density at radius 2 is 1.73 bits per heavy atom. The van der Waals surface area contributed by atoms with Crippen molar-refractivity contribution in [2.24, 2.45) is 0 Å². The van der Waals surface area contributed by atoms with Gasteiger partial charge >= 0.3 is 6.09 Å². The van der Waals surface area contributed by atoms with Crippen LogP contribution in [0.4, 0.5) is 10.5 Å². The van der Waals surface area contributed by atoms with E-state index in [9.17, 15) is 4.79 Å². The summed E-state index contributed by atoms with van der Waals surface area (Å²) in [5.74, 6) is 0. The average Bonchev–Trinajstić information content (AvgIpc) is 2.58. The van der Waals surface area contributed by atoms with Gasteiger partial charge in [0.05, 0.1) is 12.3 Å². The summed E-state index contributed by atoms with van der Waals surface area (Å²) in [5.41, 5.74) is 8.44. The van der Waals surface area contributed by atoms with Gasteiger partial charge < -0.3 is 4.74 Å². The Balaban J connectivity index is 1.92. The van der Waals surface area contributed by atoms with Crippen molar-refractivity contribution in [2.75, 3.05) is 12.0 Å². The topological polar surface area (TPSA) is 50.4 Å². The molecule has 0 aliphatic heterocycles. The van der Waals surface area contributed by atoms with E-state index in [2.05, 4.69) is 17.8 Å². The van der Waals surface area contributed by atoms with Gasteiger partial charge in [0.15, 0.2) is 0 Å². The molecule has 0 saturated heterocycles. The minimum absolute atomic E-state index is 0.446. The zero-order chi connectivity index (χ0) is 15.6. The molecule has 2 N–H and O–H groups in total. The lowest BCUT2D eigenvalue weighted by Crippen LogP contribution is -2.30. The molecule has 0 spiro atoms. The molecular weight excluding hydrogens is 276 g/mol. The van der Waals surface area contributed by atoms with E-state index in [1.54, 1.807) is 0 Å². The van der Waals surface area contributed by atoms with E-state index < -0.39 is 6.09 Å². The SMILES string of the molecule is CCCCCOC(=O)NNc1ccccc1-c1ccccc1. The van der Waals surface area contributed by atoms with E-state index in [0.29, 0.717) is 6.61 Å². The van der Waals surface area contributed by atoms with Crippen LogP contribution in [0, 0.1) is 0 Å². The molecule has 0 bridgehead atoms. The Morgan fingerprint density at radius 3 is 2.50 bits per heavy atom. The van der Waals surface area contributed by atoms with E-state index in [1.165, 1.54) is 0 Å². The van der Waals surface area contributed by atoms with Crippen LogP contribution >= 0.6 is 0 Å². The van der Waals surface area contributed by atoms with Crippen molar-refractivity contribution >= 4 is 11.8 Å². The number of hydrogen-bond acceptors (Lipinski definition) is 3. The highest BCUT2D eigenvalue weighted by Gasteiger charge is 2.06. The number of hydrazine groups is 1. The first-order valence-electron chi connectivity index (χ1n) is 7.64. The Bertz CT molecular complexity index is 585. The molecule has 0 heterocycles. The summed E-state index contributed by atoms with van der Waals surface area (Å²) in [4.78, 5) is 11.6. The van der Waals surface area contributed by atoms with Gasteiger partial charge in [-0.2, -0.15) is 0 Å². The van der Waals surface area contributed by atoms with Crippen LogP contribution in [0.5, 0.6) is 0 Å². The second kappa shape index (κ2) is 8.72. The molecule has 2 aromatic rings. The van der Waals surface area contributed by atoms with Crippen LogP contribution in [-0.4, -0.2) is 12.7 Å². The van der Waals surface area contributed by atoms with Crippen molar-refractivity contribution in [3.8, 4) is 11.1 Å². The molecule has 2 aromatic carbocycles. The predicted octanol–water partition coefficient (Wildman–Crippen LogP) is 4.60. The second-order valence-electron chi connectivity index (χ2n) is 5.00. The third-order valence-electron chi connectivity index (χ3n) is 3.29. The first-order chi connectivity index (χ1) is 10.8. The second-order valence-corrected chi connectivity index (χ2v) is 5.00. The number of para-hydroxylation sites is 1. The molecule has 4 heteroatoms. The summed E-state index contributed by atoms with van der Waals surface area (Å²) in [6.45, 7) is 2.56. The fourth-order valence-corrected chi connectivity index (χ4v) is 2.13. The number of anilines is 1. The van der Waals surface area contributed by atoms with Crippen LogP contribution in [0.1, 0.15) is 26.2 Å². The van der Waals surface area contributed by atoms with Gasteiger partial charge in [-0.1, -0.05) is 68.3 Å². The van der Waals surface area contributed by atoms with Gasteiger partial charge in [0.25, 0.3) is 0 Å². The number of benzene rings is 2. The van der Waals surface area contributed by atoms with Crippen molar-refractivity contribution in [1.82, 2.24) is 5.43 Å². The summed E-state index contributed by atoms with van der Waals surface area (Å²) in [6.07, 6.45) is 2.61. The van der Waals surface area contributed by atoms with Gasteiger partial charge in [-0.05, 0) is 18.1 Å². The lowest BCUT2D eigenvalue weighted by Gasteiger charge is -2.13. The summed E-state index contributed by atoms with van der Waals surface area (Å²) < 4.78 is 5.10. The number of unbranched alkanes of at least 4 members (excludes halogenated alkanes) is 2. The number of carbonyl (C=O) groups excluding carboxylic acids is 1. The molecule has 2 rings (SSSR count). The molecular formula is C18H22N2O2. The molecule has 0 aromatic heterocycles. The molecule has 0 aliphatic carbocycles. The molecule has 0 fully saturated rings. The maximum atomic E-state index is 11.6. The Morgan fingerprint density at radius 1 is 1.00 bits per heavy atom. The lowest BCUT2D eigenvalue weighted by molar-refractivity contribution is 0.146. The number of amides is 1. The Kier molecular flexibility index (Phi) is 6.30. The third kappa shape index (κ3) is 4.81. The summed E-state index contributed by atoms with van der Waals surface area (Å²) in [6, 6.07) is 17.8. The standard InChI is InChI=1S/C18H22N2O2/c1-2-3-9-14-22-18(21)20-19-17-13-8-7-12-16(17)15-10-5-4-6-11-15/h4-8,10-13,19H,2-3,9,14H2,1H3,(H,20,21). The summed E-state index contributed by atoms with van der Waals surface area (Å²) >= 11 is 0. The lowest BCUT2D eigenvalue weighted by atomic mass is 10.0. The van der Waals surface area contributed by atoms with Gasteiger partial charge in [0, 0.05) is 5.56 Å². The first kappa shape index (κ1) is 15.9. The molecule has 0 saturated carbocycles. The van der Waals surface area contributed by atoms with Crippen LogP contribution in [0.15, 0.2) is 54.6 Å². The fourth-order valence-electron chi connectivity index (χ4n) is 2.13. The third-order valence-corrected chi connectivity index (χ3v) is 3.29. The van der Waals surface area contributed by atoms with Crippen molar-refractivity contribution < 1.29 is 9.53 Å². The van der Waals surface area contributed by atoms with Crippen LogP contribution < -0.4 is 10.9 Å². The zero-order valence-corrected chi connectivity index (χ0v) is 12.8. The Labute approximate surface area is 131 Å². The minimum Gasteiger partial charge on any atom is -0.448 e. The first-order valence-corrected chi connectivity index (χ1v) is 7.64. The number of hydrogen-bond donors (Lipinski definition) is 2. The fraction of sp³-hybridized carbons (Fsp3) is 0.278. The summed E-state index contributed by atoms with van der Waals surface area (Å²) in [7, 11) is 0. The van der Waals surface area contributed by atoms with Crippen LogP contribution in [0.3, 0.4) is 0 Å². The van der Waals surface area contributed by atoms with Crippen LogP contribution in [0.25, 0.3) is 11.1 Å². The molecule has 0 aliphatic rings. The molecule has 4 nitrogen and oxygen atoms in total. The van der Waals surface area contributed by atoms with Gasteiger partial charge in [-0.15, -0.1) is 0 Å². The summed E-state index contributed by atoms with van der Waals surface area (Å²) in [5, 5.41) is 0. The number of rotatable bonds is 7. The van der Waals surface area contributed by atoms with Gasteiger partial charge in [-0.25, -0.2) is 10.2 Å². The van der Waals surface area contributed by atoms with Crippen LogP contribution in [0.2, 0.25) is 0 Å². The minimum atomic E-state index is -0.459. The molecule has 0 atom stereocenters. The van der Waals surface area contributed by atoms with Crippen molar-refractivity contribution in [2.45, 2.75) is 26.2 Å². The highest BCUT2D eigenvalue weighted by atomic mass is 16.6. The highest BCUT2D eigenvalue weighted by molar-refractivity contribution is 5.79. The maximum absolute atomic E-state index is 11.6. The van der Waals surface area contributed by atoms with Crippen molar-refractivity contribution in [3.63, 3.8) is 0 Å². The molecule has 1 amide bonds. The van der Waals surface area contributed by atoms with Crippen molar-refractivity contribution in [1.29, 1.82) is 0 Å². The number of nitrogens with one attached hydrogen (secondary N) is 2. The monoisotopic (exact) mass is 298 g/mol. The van der Waals surface area contributed by atoms with E-state index in [-0.39, 0.29) is 0 Å². The van der Waals surface area contributed by atoms with E-state index in [0.717, 1.165) is 36.1 Å². The van der Waals surface area contributed by atoms with E-state index >= 15 is 0 Å². The van der Waals surface area contributed by atoms with Gasteiger partial charge in [0.1, 0.15) is 0 Å². The zero-order valence-electron chi connectivity index (χ0n) is 12.8. The highest BCUT2D eigenvalue weighted by Crippen LogP contribution is 2.26. The molecule has 116 valence electrons. The maximum Gasteiger partial charge on any atom is 0.425 e.